The number of hydrogen-bond donors (Lipinski definition) is 2. The van der Waals surface area contributed by atoms with Crippen LogP contribution in [0.1, 0.15) is 10.4 Å². The second-order valence-corrected chi connectivity index (χ2v) is 7.10. The zero-order valence-electron chi connectivity index (χ0n) is 17.9. The first-order valence-electron chi connectivity index (χ1n) is 9.98. The maximum Gasteiger partial charge on any atom is 0.269 e. The smallest absolute Gasteiger partial charge is 0.269 e. The topological polar surface area (TPSA) is 146 Å². The summed E-state index contributed by atoms with van der Waals surface area (Å²) in [5.74, 6) is -0.0188. The molecular formula is C22H19N7O5. The molecule has 0 atom stereocenters. The van der Waals surface area contributed by atoms with Crippen molar-refractivity contribution in [2.45, 2.75) is 6.54 Å². The maximum absolute atomic E-state index is 12.5. The molecule has 34 heavy (non-hydrogen) atoms. The SMILES string of the molecule is COc1ccc(NC(=O)Cn2cc(NC(=O)c3cnn(-c4ccc([N+](=O)[O-])cc4)c3)cn2)cc1. The van der Waals surface area contributed by atoms with E-state index >= 15 is 0 Å². The maximum atomic E-state index is 12.5. The molecule has 2 heterocycles. The van der Waals surface area contributed by atoms with E-state index in [9.17, 15) is 19.7 Å². The molecule has 0 aliphatic rings. The molecule has 0 saturated heterocycles. The number of aromatic nitrogens is 4. The molecule has 172 valence electrons. The molecule has 0 unspecified atom stereocenters. The van der Waals surface area contributed by atoms with Crippen LogP contribution in [0, 0.1) is 10.1 Å². The first-order chi connectivity index (χ1) is 16.4. The number of non-ortho nitro benzene ring substituents is 1. The van der Waals surface area contributed by atoms with Crippen molar-refractivity contribution in [3.05, 3.63) is 89.0 Å². The lowest BCUT2D eigenvalue weighted by atomic mass is 10.3. The molecule has 0 saturated carbocycles. The van der Waals surface area contributed by atoms with Crippen LogP contribution in [-0.2, 0) is 11.3 Å². The molecule has 0 aliphatic carbocycles. The van der Waals surface area contributed by atoms with Crippen LogP contribution >= 0.6 is 0 Å². The molecule has 0 aliphatic heterocycles. The Balaban J connectivity index is 1.34. The lowest BCUT2D eigenvalue weighted by Gasteiger charge is -2.06. The fraction of sp³-hybridized carbons (Fsp3) is 0.0909. The van der Waals surface area contributed by atoms with Crippen LogP contribution in [0.15, 0.2) is 73.3 Å². The number of nitrogens with one attached hydrogen (secondary N) is 2. The van der Waals surface area contributed by atoms with Gasteiger partial charge in [-0.15, -0.1) is 0 Å². The van der Waals surface area contributed by atoms with Crippen LogP contribution in [0.2, 0.25) is 0 Å². The molecule has 4 rings (SSSR count). The summed E-state index contributed by atoms with van der Waals surface area (Å²) in [6, 6.07) is 12.7. The Morgan fingerprint density at radius 2 is 1.71 bits per heavy atom. The van der Waals surface area contributed by atoms with Gasteiger partial charge in [-0.25, -0.2) is 4.68 Å². The summed E-state index contributed by atoms with van der Waals surface area (Å²) in [5, 5.41) is 24.4. The molecule has 0 fully saturated rings. The number of hydrogen-bond acceptors (Lipinski definition) is 7. The van der Waals surface area contributed by atoms with E-state index in [0.717, 1.165) is 0 Å². The third-order valence-corrected chi connectivity index (χ3v) is 4.74. The van der Waals surface area contributed by atoms with Crippen LogP contribution < -0.4 is 15.4 Å². The number of amides is 2. The summed E-state index contributed by atoms with van der Waals surface area (Å²) in [7, 11) is 1.56. The van der Waals surface area contributed by atoms with E-state index in [-0.39, 0.29) is 23.7 Å². The van der Waals surface area contributed by atoms with E-state index in [1.54, 1.807) is 31.4 Å². The number of methoxy groups -OCH3 is 1. The highest BCUT2D eigenvalue weighted by molar-refractivity contribution is 6.03. The fourth-order valence-electron chi connectivity index (χ4n) is 3.05. The van der Waals surface area contributed by atoms with Gasteiger partial charge in [0.2, 0.25) is 5.91 Å². The lowest BCUT2D eigenvalue weighted by molar-refractivity contribution is -0.384. The molecule has 2 N–H and O–H groups in total. The summed E-state index contributed by atoms with van der Waals surface area (Å²) >= 11 is 0. The molecule has 12 heteroatoms. The van der Waals surface area contributed by atoms with E-state index in [2.05, 4.69) is 20.8 Å². The van der Waals surface area contributed by atoms with Gasteiger partial charge in [-0.1, -0.05) is 0 Å². The highest BCUT2D eigenvalue weighted by Crippen LogP contribution is 2.17. The monoisotopic (exact) mass is 461 g/mol. The van der Waals surface area contributed by atoms with E-state index in [1.165, 1.54) is 58.4 Å². The average molecular weight is 461 g/mol. The molecule has 12 nitrogen and oxygen atoms in total. The fourth-order valence-corrected chi connectivity index (χ4v) is 3.05. The Labute approximate surface area is 192 Å². The molecule has 0 spiro atoms. The Hall–Kier alpha value is -5.00. The van der Waals surface area contributed by atoms with Crippen molar-refractivity contribution in [2.24, 2.45) is 0 Å². The van der Waals surface area contributed by atoms with Crippen molar-refractivity contribution >= 4 is 28.9 Å². The number of carbonyl (C=O) groups is 2. The van der Waals surface area contributed by atoms with E-state index in [4.69, 9.17) is 4.74 Å². The van der Waals surface area contributed by atoms with Gasteiger partial charge in [0, 0.05) is 30.2 Å². The average Bonchev–Trinajstić information content (AvgIpc) is 3.49. The van der Waals surface area contributed by atoms with Gasteiger partial charge in [0.25, 0.3) is 11.6 Å². The van der Waals surface area contributed by atoms with Gasteiger partial charge < -0.3 is 15.4 Å². The van der Waals surface area contributed by atoms with Gasteiger partial charge in [-0.05, 0) is 36.4 Å². The van der Waals surface area contributed by atoms with E-state index < -0.39 is 10.8 Å². The minimum Gasteiger partial charge on any atom is -0.497 e. The first kappa shape index (κ1) is 22.2. The number of carbonyl (C=O) groups excluding carboxylic acids is 2. The second kappa shape index (κ2) is 9.65. The Morgan fingerprint density at radius 3 is 2.38 bits per heavy atom. The zero-order chi connectivity index (χ0) is 24.1. The number of nitrogens with zero attached hydrogens (tertiary/aromatic N) is 5. The summed E-state index contributed by atoms with van der Waals surface area (Å²) in [6.07, 6.45) is 5.85. The molecule has 0 radical (unpaired) electrons. The number of anilines is 2. The van der Waals surface area contributed by atoms with Crippen molar-refractivity contribution in [3.63, 3.8) is 0 Å². The molecule has 4 aromatic rings. The van der Waals surface area contributed by atoms with Gasteiger partial charge in [-0.3, -0.25) is 24.4 Å². The molecule has 2 aromatic carbocycles. The third-order valence-electron chi connectivity index (χ3n) is 4.74. The molecule has 2 amide bonds. The predicted molar refractivity (Wildman–Crippen MR) is 122 cm³/mol. The Morgan fingerprint density at radius 1 is 0.971 bits per heavy atom. The van der Waals surface area contributed by atoms with Crippen LogP contribution in [-0.4, -0.2) is 43.4 Å². The summed E-state index contributed by atoms with van der Waals surface area (Å²) in [5.41, 5.74) is 1.84. The van der Waals surface area contributed by atoms with Gasteiger partial charge in [0.05, 0.1) is 41.4 Å². The quantitative estimate of drug-likeness (QED) is 0.303. The normalized spacial score (nSPS) is 10.5. The summed E-state index contributed by atoms with van der Waals surface area (Å²) in [6.45, 7) is -0.0417. The third kappa shape index (κ3) is 5.24. The predicted octanol–water partition coefficient (Wildman–Crippen LogP) is 2.88. The summed E-state index contributed by atoms with van der Waals surface area (Å²) in [4.78, 5) is 35.1. The largest absolute Gasteiger partial charge is 0.497 e. The van der Waals surface area contributed by atoms with Crippen molar-refractivity contribution < 1.29 is 19.2 Å². The van der Waals surface area contributed by atoms with Crippen LogP contribution in [0.4, 0.5) is 17.1 Å². The zero-order valence-corrected chi connectivity index (χ0v) is 17.9. The second-order valence-electron chi connectivity index (χ2n) is 7.10. The molecular weight excluding hydrogens is 442 g/mol. The molecule has 2 aromatic heterocycles. The number of rotatable bonds is 8. The van der Waals surface area contributed by atoms with E-state index in [1.807, 2.05) is 0 Å². The first-order valence-corrected chi connectivity index (χ1v) is 9.98. The van der Waals surface area contributed by atoms with Gasteiger partial charge in [0.1, 0.15) is 12.3 Å². The van der Waals surface area contributed by atoms with Crippen molar-refractivity contribution in [1.29, 1.82) is 0 Å². The number of benzene rings is 2. The highest BCUT2D eigenvalue weighted by atomic mass is 16.6. The Kier molecular flexibility index (Phi) is 6.30. The van der Waals surface area contributed by atoms with Crippen LogP contribution in [0.5, 0.6) is 5.75 Å². The Bertz CT molecular complexity index is 1330. The number of nitro groups is 1. The van der Waals surface area contributed by atoms with Crippen LogP contribution in [0.25, 0.3) is 5.69 Å². The van der Waals surface area contributed by atoms with Gasteiger partial charge >= 0.3 is 0 Å². The number of ether oxygens (including phenoxy) is 1. The van der Waals surface area contributed by atoms with Crippen molar-refractivity contribution in [2.75, 3.05) is 17.7 Å². The minimum absolute atomic E-state index is 0.0384. The van der Waals surface area contributed by atoms with Crippen molar-refractivity contribution in [1.82, 2.24) is 19.6 Å². The van der Waals surface area contributed by atoms with Gasteiger partial charge in [-0.2, -0.15) is 10.2 Å². The number of nitro benzene ring substituents is 1. The summed E-state index contributed by atoms with van der Waals surface area (Å²) < 4.78 is 7.92. The van der Waals surface area contributed by atoms with E-state index in [0.29, 0.717) is 22.8 Å². The molecule has 0 bridgehead atoms. The lowest BCUT2D eigenvalue weighted by Crippen LogP contribution is -2.19. The highest BCUT2D eigenvalue weighted by Gasteiger charge is 2.13. The standard InChI is InChI=1S/C22H19N7O5/c1-34-20-8-2-16(3-9-20)25-21(30)14-27-13-17(11-23-27)26-22(31)15-10-24-28(12-15)18-4-6-19(7-5-18)29(32)33/h2-13H,14H2,1H3,(H,25,30)(H,26,31). The minimum atomic E-state index is -0.491. The van der Waals surface area contributed by atoms with Crippen LogP contribution in [0.3, 0.4) is 0 Å². The van der Waals surface area contributed by atoms with Gasteiger partial charge in [0.15, 0.2) is 0 Å². The van der Waals surface area contributed by atoms with Crippen molar-refractivity contribution in [3.8, 4) is 11.4 Å².